The smallest absolute Gasteiger partial charge is 0.275 e. The van der Waals surface area contributed by atoms with Crippen molar-refractivity contribution in [2.24, 2.45) is 0 Å². The second-order valence-corrected chi connectivity index (χ2v) is 5.57. The molecule has 1 N–H and O–H groups in total. The van der Waals surface area contributed by atoms with Gasteiger partial charge in [0, 0.05) is 38.8 Å². The van der Waals surface area contributed by atoms with Crippen LogP contribution in [0, 0.1) is 0 Å². The monoisotopic (exact) mass is 325 g/mol. The molecule has 0 spiro atoms. The molecule has 2 heterocycles. The maximum atomic E-state index is 12.1. The highest BCUT2D eigenvalue weighted by Gasteiger charge is 2.20. The van der Waals surface area contributed by atoms with Crippen molar-refractivity contribution in [2.45, 2.75) is 6.92 Å². The van der Waals surface area contributed by atoms with E-state index < -0.39 is 0 Å². The van der Waals surface area contributed by atoms with Crippen LogP contribution in [-0.4, -0.2) is 52.9 Å². The molecule has 24 heavy (non-hydrogen) atoms. The Kier molecular flexibility index (Phi) is 4.69. The molecule has 1 saturated heterocycles. The number of nitrogens with one attached hydrogen (secondary N) is 1. The number of benzene rings is 1. The molecule has 0 atom stereocenters. The van der Waals surface area contributed by atoms with Gasteiger partial charge in [0.2, 0.25) is 5.91 Å². The van der Waals surface area contributed by atoms with Crippen molar-refractivity contribution < 1.29 is 9.59 Å². The lowest BCUT2D eigenvalue weighted by Crippen LogP contribution is -2.48. The first-order chi connectivity index (χ1) is 11.6. The van der Waals surface area contributed by atoms with Crippen LogP contribution in [0.1, 0.15) is 17.4 Å². The van der Waals surface area contributed by atoms with E-state index in [0.717, 1.165) is 5.82 Å². The minimum absolute atomic E-state index is 0.0914. The van der Waals surface area contributed by atoms with Crippen LogP contribution in [-0.2, 0) is 4.79 Å². The third kappa shape index (κ3) is 3.68. The lowest BCUT2D eigenvalue weighted by Gasteiger charge is -2.34. The van der Waals surface area contributed by atoms with Crippen molar-refractivity contribution in [1.82, 2.24) is 14.9 Å². The van der Waals surface area contributed by atoms with E-state index in [1.165, 1.54) is 6.20 Å². The van der Waals surface area contributed by atoms with E-state index in [1.807, 2.05) is 35.2 Å². The Labute approximate surface area is 140 Å². The van der Waals surface area contributed by atoms with Crippen molar-refractivity contribution in [3.8, 4) is 0 Å². The Hall–Kier alpha value is -2.96. The summed E-state index contributed by atoms with van der Waals surface area (Å²) >= 11 is 0. The Morgan fingerprint density at radius 2 is 1.71 bits per heavy atom. The first-order valence-electron chi connectivity index (χ1n) is 7.82. The molecule has 2 aromatic rings. The van der Waals surface area contributed by atoms with Gasteiger partial charge in [0.1, 0.15) is 11.5 Å². The van der Waals surface area contributed by atoms with Crippen LogP contribution < -0.4 is 10.2 Å². The molecule has 0 bridgehead atoms. The number of anilines is 2. The highest BCUT2D eigenvalue weighted by atomic mass is 16.2. The lowest BCUT2D eigenvalue weighted by atomic mass is 10.3. The van der Waals surface area contributed by atoms with E-state index in [2.05, 4.69) is 20.2 Å². The number of hydrogen-bond acceptors (Lipinski definition) is 5. The summed E-state index contributed by atoms with van der Waals surface area (Å²) in [6.07, 6.45) is 3.08. The Balaban J connectivity index is 1.61. The van der Waals surface area contributed by atoms with Crippen molar-refractivity contribution in [1.29, 1.82) is 0 Å². The van der Waals surface area contributed by atoms with Crippen LogP contribution in [0.2, 0.25) is 0 Å². The lowest BCUT2D eigenvalue weighted by molar-refractivity contribution is -0.129. The molecular weight excluding hydrogens is 306 g/mol. The Morgan fingerprint density at radius 1 is 1.00 bits per heavy atom. The normalized spacial score (nSPS) is 14.4. The van der Waals surface area contributed by atoms with Crippen LogP contribution in [0.15, 0.2) is 42.7 Å². The Bertz CT molecular complexity index is 710. The van der Waals surface area contributed by atoms with E-state index in [9.17, 15) is 9.59 Å². The average molecular weight is 325 g/mol. The molecule has 1 aromatic heterocycles. The molecule has 2 amide bonds. The molecule has 0 saturated carbocycles. The molecule has 1 aliphatic heterocycles. The van der Waals surface area contributed by atoms with Gasteiger partial charge >= 0.3 is 0 Å². The number of hydrogen-bond donors (Lipinski definition) is 1. The van der Waals surface area contributed by atoms with Gasteiger partial charge in [-0.3, -0.25) is 9.59 Å². The summed E-state index contributed by atoms with van der Waals surface area (Å²) < 4.78 is 0. The number of carbonyl (C=O) groups is 2. The number of aromatic nitrogens is 2. The van der Waals surface area contributed by atoms with Gasteiger partial charge in [-0.2, -0.15) is 0 Å². The number of piperazine rings is 1. The fraction of sp³-hybridized carbons (Fsp3) is 0.294. The summed E-state index contributed by atoms with van der Waals surface area (Å²) in [5, 5.41) is 2.78. The van der Waals surface area contributed by atoms with Gasteiger partial charge in [-0.25, -0.2) is 9.97 Å². The number of amides is 2. The summed E-state index contributed by atoms with van der Waals surface area (Å²) in [6.45, 7) is 4.35. The summed E-state index contributed by atoms with van der Waals surface area (Å²) in [4.78, 5) is 35.9. The first kappa shape index (κ1) is 15.9. The van der Waals surface area contributed by atoms with Crippen molar-refractivity contribution >= 4 is 23.3 Å². The van der Waals surface area contributed by atoms with Gasteiger partial charge in [0.05, 0.1) is 12.4 Å². The van der Waals surface area contributed by atoms with Crippen molar-refractivity contribution in [2.75, 3.05) is 36.4 Å². The van der Waals surface area contributed by atoms with E-state index in [1.54, 1.807) is 13.1 Å². The van der Waals surface area contributed by atoms with Gasteiger partial charge in [0.15, 0.2) is 0 Å². The average Bonchev–Trinajstić information content (AvgIpc) is 2.63. The number of nitrogens with zero attached hydrogens (tertiary/aromatic N) is 4. The second kappa shape index (κ2) is 7.08. The van der Waals surface area contributed by atoms with Gasteiger partial charge < -0.3 is 15.1 Å². The van der Waals surface area contributed by atoms with E-state index in [-0.39, 0.29) is 17.5 Å². The predicted molar refractivity (Wildman–Crippen MR) is 90.9 cm³/mol. The summed E-state index contributed by atoms with van der Waals surface area (Å²) in [5.41, 5.74) is 0.985. The van der Waals surface area contributed by atoms with Gasteiger partial charge in [0.25, 0.3) is 5.91 Å². The fourth-order valence-corrected chi connectivity index (χ4v) is 2.57. The highest BCUT2D eigenvalue weighted by molar-refractivity contribution is 6.02. The molecule has 0 radical (unpaired) electrons. The molecule has 3 rings (SSSR count). The standard InChI is InChI=1S/C17H19N5O2/c1-13(23)21-7-9-22(10-8-21)16-12-18-15(11-19-16)17(24)20-14-5-3-2-4-6-14/h2-6,11-12H,7-10H2,1H3,(H,20,24). The molecule has 7 heteroatoms. The van der Waals surface area contributed by atoms with Gasteiger partial charge in [-0.1, -0.05) is 18.2 Å². The van der Waals surface area contributed by atoms with Crippen LogP contribution in [0.4, 0.5) is 11.5 Å². The zero-order valence-corrected chi connectivity index (χ0v) is 13.5. The minimum Gasteiger partial charge on any atom is -0.352 e. The summed E-state index contributed by atoms with van der Waals surface area (Å²) in [7, 11) is 0. The Morgan fingerprint density at radius 3 is 2.29 bits per heavy atom. The van der Waals surface area contributed by atoms with Crippen LogP contribution in [0.25, 0.3) is 0 Å². The largest absolute Gasteiger partial charge is 0.352 e. The summed E-state index contributed by atoms with van der Waals surface area (Å²) in [6, 6.07) is 9.22. The maximum Gasteiger partial charge on any atom is 0.275 e. The fourth-order valence-electron chi connectivity index (χ4n) is 2.57. The van der Waals surface area contributed by atoms with Crippen LogP contribution in [0.5, 0.6) is 0 Å². The predicted octanol–water partition coefficient (Wildman–Crippen LogP) is 1.40. The highest BCUT2D eigenvalue weighted by Crippen LogP contribution is 2.13. The van der Waals surface area contributed by atoms with Crippen molar-refractivity contribution in [3.05, 3.63) is 48.4 Å². The second-order valence-electron chi connectivity index (χ2n) is 5.57. The third-order valence-corrected chi connectivity index (χ3v) is 3.95. The molecule has 0 aliphatic carbocycles. The third-order valence-electron chi connectivity index (χ3n) is 3.95. The van der Waals surface area contributed by atoms with Gasteiger partial charge in [-0.15, -0.1) is 0 Å². The zero-order valence-electron chi connectivity index (χ0n) is 13.5. The SMILES string of the molecule is CC(=O)N1CCN(c2cnc(C(=O)Nc3ccccc3)cn2)CC1. The summed E-state index contributed by atoms with van der Waals surface area (Å²) in [5.74, 6) is 0.518. The molecule has 124 valence electrons. The molecule has 7 nitrogen and oxygen atoms in total. The van der Waals surface area contributed by atoms with E-state index in [0.29, 0.717) is 31.9 Å². The maximum absolute atomic E-state index is 12.1. The molecular formula is C17H19N5O2. The quantitative estimate of drug-likeness (QED) is 0.923. The van der Waals surface area contributed by atoms with Crippen LogP contribution >= 0.6 is 0 Å². The molecule has 1 aromatic carbocycles. The molecule has 1 aliphatic rings. The van der Waals surface area contributed by atoms with E-state index >= 15 is 0 Å². The van der Waals surface area contributed by atoms with Gasteiger partial charge in [-0.05, 0) is 12.1 Å². The molecule has 0 unspecified atom stereocenters. The number of para-hydroxylation sites is 1. The van der Waals surface area contributed by atoms with E-state index in [4.69, 9.17) is 0 Å². The topological polar surface area (TPSA) is 78.4 Å². The zero-order chi connectivity index (χ0) is 16.9. The number of carbonyl (C=O) groups excluding carboxylic acids is 2. The van der Waals surface area contributed by atoms with Crippen LogP contribution in [0.3, 0.4) is 0 Å². The first-order valence-corrected chi connectivity index (χ1v) is 7.82. The molecule has 1 fully saturated rings. The van der Waals surface area contributed by atoms with Crippen molar-refractivity contribution in [3.63, 3.8) is 0 Å². The number of rotatable bonds is 3. The minimum atomic E-state index is -0.290.